The summed E-state index contributed by atoms with van der Waals surface area (Å²) in [6.45, 7) is 1.36. The number of unbranched alkanes of at least 4 members (excludes halogenated alkanes) is 2. The van der Waals surface area contributed by atoms with Gasteiger partial charge in [0.1, 0.15) is 12.1 Å². The van der Waals surface area contributed by atoms with Crippen molar-refractivity contribution in [2.45, 2.75) is 96.1 Å². The highest BCUT2D eigenvalue weighted by molar-refractivity contribution is 5.94. The van der Waals surface area contributed by atoms with Crippen molar-refractivity contribution in [3.8, 4) is 0 Å². The Bertz CT molecular complexity index is 1490. The van der Waals surface area contributed by atoms with Crippen molar-refractivity contribution in [2.24, 2.45) is 17.6 Å². The number of nitrogens with one attached hydrogen (secondary N) is 6. The van der Waals surface area contributed by atoms with E-state index in [-0.39, 0.29) is 48.8 Å². The van der Waals surface area contributed by atoms with Crippen LogP contribution in [-0.2, 0) is 38.4 Å². The molecular weight excluding hydrogens is 706 g/mol. The summed E-state index contributed by atoms with van der Waals surface area (Å²) in [4.78, 5) is 109. The number of primary amides is 1. The van der Waals surface area contributed by atoms with Gasteiger partial charge >= 0.3 is 11.9 Å². The van der Waals surface area contributed by atoms with Crippen LogP contribution >= 0.6 is 0 Å². The number of rotatable bonds is 24. The standard InChI is InChI=1S/C36H53N7O11/c1-22-7-6-8-25(19-22)34(51)39-17-4-2-9-27(36(53)54)43-30(46)21-41-35(52)26(15-16-31(47)48)42-29(45)20-40-28(44)10-3-5-18-38-33(50)24-13-11-23(12-14-24)32(37)49/h6-8,19,23-24,26-27H,2-5,9-18,20-21H2,1H3,(H2,37,49)(H,38,50)(H,39,51)(H,40,44)(H,41,52)(H,42,45)(H,43,46)(H,47,48)(H,53,54). The zero-order chi connectivity index (χ0) is 40.0. The highest BCUT2D eigenvalue weighted by atomic mass is 16.4. The number of amides is 7. The highest BCUT2D eigenvalue weighted by Crippen LogP contribution is 2.28. The summed E-state index contributed by atoms with van der Waals surface area (Å²) in [6, 6.07) is 4.42. The van der Waals surface area contributed by atoms with E-state index in [1.54, 1.807) is 18.2 Å². The molecule has 18 heteroatoms. The van der Waals surface area contributed by atoms with Gasteiger partial charge in [0.25, 0.3) is 5.91 Å². The number of hydrogen-bond donors (Lipinski definition) is 9. The normalized spacial score (nSPS) is 16.1. The predicted octanol–water partition coefficient (Wildman–Crippen LogP) is -0.375. The van der Waals surface area contributed by atoms with Gasteiger partial charge in [-0.3, -0.25) is 38.4 Å². The quantitative estimate of drug-likeness (QED) is 0.0613. The lowest BCUT2D eigenvalue weighted by atomic mass is 9.81. The summed E-state index contributed by atoms with van der Waals surface area (Å²) in [5.41, 5.74) is 6.77. The molecule has 0 aromatic heterocycles. The molecule has 2 atom stereocenters. The summed E-state index contributed by atoms with van der Waals surface area (Å²) >= 11 is 0. The van der Waals surface area contributed by atoms with Crippen molar-refractivity contribution in [3.63, 3.8) is 0 Å². The van der Waals surface area contributed by atoms with Gasteiger partial charge in [0.05, 0.1) is 13.1 Å². The van der Waals surface area contributed by atoms with Crippen molar-refractivity contribution < 1.29 is 53.4 Å². The fourth-order valence-electron chi connectivity index (χ4n) is 5.81. The molecule has 298 valence electrons. The van der Waals surface area contributed by atoms with Gasteiger partial charge in [-0.25, -0.2) is 4.79 Å². The minimum absolute atomic E-state index is 0.0520. The van der Waals surface area contributed by atoms with Gasteiger partial charge in [0.15, 0.2) is 0 Å². The summed E-state index contributed by atoms with van der Waals surface area (Å²) < 4.78 is 0. The topological polar surface area (TPSA) is 292 Å². The van der Waals surface area contributed by atoms with Gasteiger partial charge < -0.3 is 47.8 Å². The molecule has 0 saturated heterocycles. The molecule has 0 bridgehead atoms. The van der Waals surface area contributed by atoms with Crippen molar-refractivity contribution in [3.05, 3.63) is 35.4 Å². The number of carbonyl (C=O) groups is 9. The maximum atomic E-state index is 12.8. The molecule has 10 N–H and O–H groups in total. The summed E-state index contributed by atoms with van der Waals surface area (Å²) in [5, 5.41) is 33.5. The van der Waals surface area contributed by atoms with Crippen LogP contribution in [0.2, 0.25) is 0 Å². The van der Waals surface area contributed by atoms with Crippen molar-refractivity contribution in [1.82, 2.24) is 31.9 Å². The largest absolute Gasteiger partial charge is 0.481 e. The molecule has 2 unspecified atom stereocenters. The second kappa shape index (κ2) is 23.9. The number of carbonyl (C=O) groups excluding carboxylic acids is 7. The monoisotopic (exact) mass is 759 g/mol. The van der Waals surface area contributed by atoms with Crippen LogP contribution in [0, 0.1) is 18.8 Å². The first kappa shape index (κ1) is 44.6. The Morgan fingerprint density at radius 2 is 1.31 bits per heavy atom. The van der Waals surface area contributed by atoms with Gasteiger partial charge in [-0.1, -0.05) is 17.7 Å². The Labute approximate surface area is 313 Å². The Kier molecular flexibility index (Phi) is 19.7. The minimum atomic E-state index is -1.36. The Hall–Kier alpha value is -5.55. The van der Waals surface area contributed by atoms with Gasteiger partial charge in [0.2, 0.25) is 35.4 Å². The molecule has 0 aliphatic heterocycles. The Morgan fingerprint density at radius 3 is 1.94 bits per heavy atom. The molecule has 2 rings (SSSR count). The lowest BCUT2D eigenvalue weighted by Gasteiger charge is -2.25. The number of hydrogen-bond acceptors (Lipinski definition) is 9. The van der Waals surface area contributed by atoms with Crippen LogP contribution in [0.5, 0.6) is 0 Å². The molecule has 1 aromatic carbocycles. The summed E-state index contributed by atoms with van der Waals surface area (Å²) in [7, 11) is 0. The zero-order valence-electron chi connectivity index (χ0n) is 30.6. The van der Waals surface area contributed by atoms with Crippen LogP contribution < -0.4 is 37.6 Å². The molecular formula is C36H53N7O11. The Morgan fingerprint density at radius 1 is 0.704 bits per heavy atom. The second-order valence-corrected chi connectivity index (χ2v) is 13.3. The number of benzene rings is 1. The fraction of sp³-hybridized carbons (Fsp3) is 0.583. The van der Waals surface area contributed by atoms with Crippen LogP contribution in [0.1, 0.15) is 93.0 Å². The minimum Gasteiger partial charge on any atom is -0.481 e. The predicted molar refractivity (Wildman–Crippen MR) is 193 cm³/mol. The second-order valence-electron chi connectivity index (χ2n) is 13.3. The van der Waals surface area contributed by atoms with Crippen molar-refractivity contribution >= 4 is 53.3 Å². The van der Waals surface area contributed by atoms with E-state index in [9.17, 15) is 48.3 Å². The van der Waals surface area contributed by atoms with Gasteiger partial charge in [-0.15, -0.1) is 0 Å². The van der Waals surface area contributed by atoms with E-state index in [0.717, 1.165) is 5.56 Å². The molecule has 1 aromatic rings. The third-order valence-electron chi connectivity index (χ3n) is 8.92. The van der Waals surface area contributed by atoms with E-state index in [1.807, 2.05) is 13.0 Å². The van der Waals surface area contributed by atoms with E-state index in [0.29, 0.717) is 70.0 Å². The summed E-state index contributed by atoms with van der Waals surface area (Å²) in [5.74, 6) is -6.55. The third kappa shape index (κ3) is 17.8. The summed E-state index contributed by atoms with van der Waals surface area (Å²) in [6.07, 6.45) is 3.38. The SMILES string of the molecule is Cc1cccc(C(=O)NCCCCC(NC(=O)CNC(=O)C(CCC(=O)O)NC(=O)CNC(=O)CCCCNC(=O)C2CCC(C(N)=O)CC2)C(=O)O)c1. The number of carboxylic acid groups (broad SMARTS) is 2. The number of nitrogens with two attached hydrogens (primary N) is 1. The molecule has 1 fully saturated rings. The number of aryl methyl sites for hydroxylation is 1. The Balaban J connectivity index is 1.68. The van der Waals surface area contributed by atoms with Crippen molar-refractivity contribution in [2.75, 3.05) is 26.2 Å². The molecule has 7 amide bonds. The van der Waals surface area contributed by atoms with Crippen molar-refractivity contribution in [1.29, 1.82) is 0 Å². The molecule has 18 nitrogen and oxygen atoms in total. The van der Waals surface area contributed by atoms with Crippen LogP contribution in [0.25, 0.3) is 0 Å². The van der Waals surface area contributed by atoms with Gasteiger partial charge in [0, 0.05) is 43.3 Å². The highest BCUT2D eigenvalue weighted by Gasteiger charge is 2.29. The number of carboxylic acids is 2. The molecule has 1 aliphatic rings. The molecule has 0 heterocycles. The van der Waals surface area contributed by atoms with Gasteiger partial charge in [-0.05, 0) is 83.3 Å². The first-order valence-corrected chi connectivity index (χ1v) is 18.2. The first-order valence-electron chi connectivity index (χ1n) is 18.2. The van der Waals surface area contributed by atoms with Crippen LogP contribution in [0.15, 0.2) is 24.3 Å². The zero-order valence-corrected chi connectivity index (χ0v) is 30.6. The van der Waals surface area contributed by atoms with Gasteiger partial charge in [-0.2, -0.15) is 0 Å². The molecule has 54 heavy (non-hydrogen) atoms. The average molecular weight is 760 g/mol. The molecule has 1 aliphatic carbocycles. The fourth-order valence-corrected chi connectivity index (χ4v) is 5.81. The van der Waals surface area contributed by atoms with E-state index in [1.165, 1.54) is 0 Å². The lowest BCUT2D eigenvalue weighted by Crippen LogP contribution is -2.52. The van der Waals surface area contributed by atoms with Crippen LogP contribution in [-0.4, -0.2) is 102 Å². The molecule has 1 saturated carbocycles. The maximum absolute atomic E-state index is 12.8. The van der Waals surface area contributed by atoms with Crippen LogP contribution in [0.4, 0.5) is 0 Å². The average Bonchev–Trinajstić information content (AvgIpc) is 3.13. The molecule has 0 spiro atoms. The van der Waals surface area contributed by atoms with E-state index in [2.05, 4.69) is 31.9 Å². The molecule has 0 radical (unpaired) electrons. The van der Waals surface area contributed by atoms with E-state index in [4.69, 9.17) is 10.8 Å². The van der Waals surface area contributed by atoms with E-state index >= 15 is 0 Å². The first-order chi connectivity index (χ1) is 25.7. The smallest absolute Gasteiger partial charge is 0.326 e. The number of aliphatic carboxylic acids is 2. The third-order valence-corrected chi connectivity index (χ3v) is 8.92. The maximum Gasteiger partial charge on any atom is 0.326 e. The van der Waals surface area contributed by atoms with Crippen LogP contribution in [0.3, 0.4) is 0 Å². The lowest BCUT2D eigenvalue weighted by molar-refractivity contribution is -0.142. The van der Waals surface area contributed by atoms with E-state index < -0.39 is 67.2 Å².